The molecule has 0 radical (unpaired) electrons. The van der Waals surface area contributed by atoms with Crippen molar-refractivity contribution in [1.29, 1.82) is 0 Å². The third kappa shape index (κ3) is 4.48. The number of carbonyl (C=O) groups excluding carboxylic acids is 2. The van der Waals surface area contributed by atoms with Crippen molar-refractivity contribution >= 4 is 12.0 Å². The molecule has 1 spiro atoms. The van der Waals surface area contributed by atoms with Crippen LogP contribution in [0.15, 0.2) is 16.9 Å². The second kappa shape index (κ2) is 8.10. The average Bonchev–Trinajstić information content (AvgIpc) is 2.98. The van der Waals surface area contributed by atoms with Crippen LogP contribution in [0.3, 0.4) is 0 Å². The fourth-order valence-electron chi connectivity index (χ4n) is 3.89. The summed E-state index contributed by atoms with van der Waals surface area (Å²) in [4.78, 5) is 39.4. The number of hydrogen-bond donors (Lipinski definition) is 1. The minimum Gasteiger partial charge on any atom is -0.441 e. The first kappa shape index (κ1) is 19.4. The number of rotatable bonds is 6. The number of aromatic amines is 1. The summed E-state index contributed by atoms with van der Waals surface area (Å²) < 4.78 is 5.74. The zero-order valence-electron chi connectivity index (χ0n) is 16.1. The minimum absolute atomic E-state index is 0.0679. The molecule has 0 aliphatic carbocycles. The van der Waals surface area contributed by atoms with Gasteiger partial charge in [-0.1, -0.05) is 13.3 Å². The van der Waals surface area contributed by atoms with Gasteiger partial charge in [-0.15, -0.1) is 0 Å². The molecule has 0 aromatic carbocycles. The topological polar surface area (TPSA) is 95.6 Å². The molecule has 3 rings (SSSR count). The van der Waals surface area contributed by atoms with Gasteiger partial charge in [-0.25, -0.2) is 9.89 Å². The lowest BCUT2D eigenvalue weighted by atomic mass is 9.90. The summed E-state index contributed by atoms with van der Waals surface area (Å²) in [7, 11) is 0. The quantitative estimate of drug-likeness (QED) is 0.815. The molecule has 0 unspecified atom stereocenters. The van der Waals surface area contributed by atoms with Crippen molar-refractivity contribution in [1.82, 2.24) is 20.0 Å². The number of likely N-dealkylation sites (tertiary alicyclic amines) is 1. The summed E-state index contributed by atoms with van der Waals surface area (Å²) >= 11 is 0. The molecule has 1 aromatic rings. The van der Waals surface area contributed by atoms with Gasteiger partial charge < -0.3 is 14.5 Å². The molecule has 2 amide bonds. The fourth-order valence-corrected chi connectivity index (χ4v) is 3.89. The van der Waals surface area contributed by atoms with Crippen LogP contribution in [-0.2, 0) is 16.0 Å². The molecule has 1 N–H and O–H groups in total. The molecule has 2 saturated heterocycles. The lowest BCUT2D eigenvalue weighted by molar-refractivity contribution is -0.134. The van der Waals surface area contributed by atoms with Crippen molar-refractivity contribution in [2.24, 2.45) is 0 Å². The van der Waals surface area contributed by atoms with Crippen LogP contribution in [0.4, 0.5) is 4.79 Å². The number of piperidine rings is 1. The van der Waals surface area contributed by atoms with Gasteiger partial charge in [-0.2, -0.15) is 5.10 Å². The molecule has 8 nitrogen and oxygen atoms in total. The van der Waals surface area contributed by atoms with Gasteiger partial charge in [0, 0.05) is 50.9 Å². The van der Waals surface area contributed by atoms with Gasteiger partial charge >= 0.3 is 6.09 Å². The highest BCUT2D eigenvalue weighted by Crippen LogP contribution is 2.34. The number of ether oxygens (including phenoxy) is 1. The van der Waals surface area contributed by atoms with Gasteiger partial charge in [-0.3, -0.25) is 9.59 Å². The highest BCUT2D eigenvalue weighted by atomic mass is 16.6. The third-order valence-electron chi connectivity index (χ3n) is 5.59. The molecule has 1 atom stereocenters. The van der Waals surface area contributed by atoms with Crippen LogP contribution < -0.4 is 5.56 Å². The molecule has 2 aliphatic rings. The van der Waals surface area contributed by atoms with Crippen LogP contribution in [0.25, 0.3) is 0 Å². The maximum absolute atomic E-state index is 12.5. The Bertz CT molecular complexity index is 719. The summed E-state index contributed by atoms with van der Waals surface area (Å²) in [6.45, 7) is 5.99. The predicted octanol–water partition coefficient (Wildman–Crippen LogP) is 1.70. The van der Waals surface area contributed by atoms with Gasteiger partial charge in [0.2, 0.25) is 5.91 Å². The van der Waals surface area contributed by atoms with E-state index in [0.717, 1.165) is 12.8 Å². The number of hydrogen-bond acceptors (Lipinski definition) is 5. The molecule has 148 valence electrons. The Labute approximate surface area is 158 Å². The van der Waals surface area contributed by atoms with Gasteiger partial charge in [0.05, 0.1) is 12.2 Å². The van der Waals surface area contributed by atoms with E-state index < -0.39 is 5.60 Å². The van der Waals surface area contributed by atoms with Crippen molar-refractivity contribution in [3.8, 4) is 0 Å². The molecule has 1 aromatic heterocycles. The minimum atomic E-state index is -0.448. The first-order chi connectivity index (χ1) is 12.9. The van der Waals surface area contributed by atoms with Gasteiger partial charge in [0.1, 0.15) is 5.60 Å². The second-order valence-electron chi connectivity index (χ2n) is 7.61. The summed E-state index contributed by atoms with van der Waals surface area (Å²) in [5.74, 6) is 0.0679. The summed E-state index contributed by atoms with van der Waals surface area (Å²) in [5.41, 5.74) is -0.00223. The van der Waals surface area contributed by atoms with E-state index in [1.165, 1.54) is 6.07 Å². The number of aryl methyl sites for hydroxylation is 1. The van der Waals surface area contributed by atoms with Crippen LogP contribution >= 0.6 is 0 Å². The lowest BCUT2D eigenvalue weighted by Gasteiger charge is -2.37. The van der Waals surface area contributed by atoms with Crippen LogP contribution in [0.2, 0.25) is 0 Å². The zero-order chi connectivity index (χ0) is 19.4. The van der Waals surface area contributed by atoms with E-state index in [0.29, 0.717) is 51.0 Å². The van der Waals surface area contributed by atoms with Crippen molar-refractivity contribution < 1.29 is 14.3 Å². The van der Waals surface area contributed by atoms with Gasteiger partial charge in [0.25, 0.3) is 5.56 Å². The standard InChI is InChI=1S/C19H28N4O4/c1-3-4-14(2)23-13-19(27-18(23)26)9-11-22(12-10-19)17(25)8-6-15-5-7-16(24)21-20-15/h5,7,14H,3-4,6,8-13H2,1-2H3,(H,21,24)/t14-/m1/s1. The van der Waals surface area contributed by atoms with E-state index in [-0.39, 0.29) is 23.6 Å². The highest BCUT2D eigenvalue weighted by Gasteiger charge is 2.48. The van der Waals surface area contributed by atoms with Crippen molar-refractivity contribution in [2.45, 2.75) is 64.0 Å². The van der Waals surface area contributed by atoms with Crippen LogP contribution in [0, 0.1) is 0 Å². The molecule has 0 saturated carbocycles. The van der Waals surface area contributed by atoms with Crippen molar-refractivity contribution in [3.63, 3.8) is 0 Å². The Hall–Kier alpha value is -2.38. The van der Waals surface area contributed by atoms with E-state index in [1.807, 2.05) is 9.80 Å². The molecule has 3 heterocycles. The molecule has 27 heavy (non-hydrogen) atoms. The van der Waals surface area contributed by atoms with Crippen molar-refractivity contribution in [2.75, 3.05) is 19.6 Å². The van der Waals surface area contributed by atoms with E-state index in [1.54, 1.807) is 6.07 Å². The van der Waals surface area contributed by atoms with E-state index in [2.05, 4.69) is 24.0 Å². The number of amides is 2. The first-order valence-corrected chi connectivity index (χ1v) is 9.74. The zero-order valence-corrected chi connectivity index (χ0v) is 16.1. The summed E-state index contributed by atoms with van der Waals surface area (Å²) in [5, 5.41) is 6.31. The Morgan fingerprint density at radius 3 is 2.70 bits per heavy atom. The number of carbonyl (C=O) groups is 2. The summed E-state index contributed by atoms with van der Waals surface area (Å²) in [6, 6.07) is 3.24. The second-order valence-corrected chi connectivity index (χ2v) is 7.61. The van der Waals surface area contributed by atoms with E-state index in [4.69, 9.17) is 4.74 Å². The smallest absolute Gasteiger partial charge is 0.410 e. The molecular formula is C19H28N4O4. The third-order valence-corrected chi connectivity index (χ3v) is 5.59. The number of nitrogens with one attached hydrogen (secondary N) is 1. The Kier molecular flexibility index (Phi) is 5.82. The SMILES string of the molecule is CCC[C@@H](C)N1CC2(CCN(C(=O)CCc3ccc(=O)[nH]n3)CC2)OC1=O. The number of nitrogens with zero attached hydrogens (tertiary/aromatic N) is 3. The maximum Gasteiger partial charge on any atom is 0.410 e. The Balaban J connectivity index is 1.49. The molecule has 2 aliphatic heterocycles. The highest BCUT2D eigenvalue weighted by molar-refractivity contribution is 5.76. The van der Waals surface area contributed by atoms with E-state index >= 15 is 0 Å². The van der Waals surface area contributed by atoms with Gasteiger partial charge in [-0.05, 0) is 19.4 Å². The first-order valence-electron chi connectivity index (χ1n) is 9.74. The normalized spacial score (nSPS) is 20.0. The van der Waals surface area contributed by atoms with Gasteiger partial charge in [0.15, 0.2) is 0 Å². The largest absolute Gasteiger partial charge is 0.441 e. The summed E-state index contributed by atoms with van der Waals surface area (Å²) in [6.07, 6.45) is 3.98. The maximum atomic E-state index is 12.5. The Morgan fingerprint density at radius 1 is 1.33 bits per heavy atom. The van der Waals surface area contributed by atoms with Crippen molar-refractivity contribution in [3.05, 3.63) is 28.2 Å². The van der Waals surface area contributed by atoms with E-state index in [9.17, 15) is 14.4 Å². The molecule has 0 bridgehead atoms. The van der Waals surface area contributed by atoms with Crippen LogP contribution in [-0.4, -0.2) is 63.3 Å². The van der Waals surface area contributed by atoms with Crippen LogP contribution in [0.5, 0.6) is 0 Å². The molecular weight excluding hydrogens is 348 g/mol. The predicted molar refractivity (Wildman–Crippen MR) is 99.3 cm³/mol. The fraction of sp³-hybridized carbons (Fsp3) is 0.684. The monoisotopic (exact) mass is 376 g/mol. The van der Waals surface area contributed by atoms with Crippen LogP contribution in [0.1, 0.15) is 51.6 Å². The number of H-pyrrole nitrogens is 1. The molecule has 8 heteroatoms. The molecule has 2 fully saturated rings. The average molecular weight is 376 g/mol. The number of aromatic nitrogens is 2. The Morgan fingerprint density at radius 2 is 2.07 bits per heavy atom. The lowest BCUT2D eigenvalue weighted by Crippen LogP contribution is -2.49.